The lowest BCUT2D eigenvalue weighted by molar-refractivity contribution is 0.138. The Morgan fingerprint density at radius 2 is 2.25 bits per heavy atom. The lowest BCUT2D eigenvalue weighted by atomic mass is 10.0. The minimum Gasteiger partial charge on any atom is -0.485 e. The number of halogens is 1. The van der Waals surface area contributed by atoms with Crippen LogP contribution in [0.25, 0.3) is 0 Å². The van der Waals surface area contributed by atoms with Crippen molar-refractivity contribution in [2.75, 3.05) is 13.2 Å². The highest BCUT2D eigenvalue weighted by atomic mass is 19.1. The summed E-state index contributed by atoms with van der Waals surface area (Å²) < 4.78 is 24.4. The molecule has 2 nitrogen and oxygen atoms in total. The fourth-order valence-corrected chi connectivity index (χ4v) is 1.76. The molecule has 0 saturated carbocycles. The van der Waals surface area contributed by atoms with Gasteiger partial charge in [-0.3, -0.25) is 0 Å². The second-order valence-corrected chi connectivity index (χ2v) is 4.45. The predicted molar refractivity (Wildman–Crippen MR) is 60.3 cm³/mol. The summed E-state index contributed by atoms with van der Waals surface area (Å²) in [6, 6.07) is 5.18. The van der Waals surface area contributed by atoms with E-state index in [1.54, 1.807) is 12.1 Å². The maximum atomic E-state index is 13.7. The number of benzene rings is 1. The zero-order valence-electron chi connectivity index (χ0n) is 9.70. The predicted octanol–water partition coefficient (Wildman–Crippen LogP) is 3.12. The standard InChI is InChI=1S/C13H17FO2/c1-9(2)10-3-4-13(12(14)7-10)16-11-5-6-15-8-11/h3-4,7,9,11H,5-6,8H2,1-2H3/t11-/m1/s1. The van der Waals surface area contributed by atoms with E-state index in [1.165, 1.54) is 0 Å². The molecule has 0 unspecified atom stereocenters. The van der Waals surface area contributed by atoms with Crippen molar-refractivity contribution >= 4 is 0 Å². The first kappa shape index (κ1) is 11.4. The summed E-state index contributed by atoms with van der Waals surface area (Å²) >= 11 is 0. The molecular formula is C13H17FO2. The molecule has 1 aliphatic heterocycles. The Morgan fingerprint density at radius 1 is 1.44 bits per heavy atom. The minimum atomic E-state index is -0.280. The Labute approximate surface area is 95.4 Å². The maximum absolute atomic E-state index is 13.7. The van der Waals surface area contributed by atoms with Crippen molar-refractivity contribution in [1.82, 2.24) is 0 Å². The molecule has 1 saturated heterocycles. The van der Waals surface area contributed by atoms with Crippen LogP contribution in [0.4, 0.5) is 4.39 Å². The molecule has 2 rings (SSSR count). The quantitative estimate of drug-likeness (QED) is 0.785. The highest BCUT2D eigenvalue weighted by Gasteiger charge is 2.19. The maximum Gasteiger partial charge on any atom is 0.165 e. The fourth-order valence-electron chi connectivity index (χ4n) is 1.76. The van der Waals surface area contributed by atoms with Crippen LogP contribution in [0.1, 0.15) is 31.7 Å². The average Bonchev–Trinajstić information content (AvgIpc) is 2.73. The molecule has 1 aliphatic rings. The SMILES string of the molecule is CC(C)c1ccc(O[C@@H]2CCOC2)c(F)c1. The molecule has 1 heterocycles. The van der Waals surface area contributed by atoms with Crippen LogP contribution in [0.2, 0.25) is 0 Å². The summed E-state index contributed by atoms with van der Waals surface area (Å²) in [5.41, 5.74) is 0.993. The van der Waals surface area contributed by atoms with Crippen LogP contribution in [-0.2, 0) is 4.74 Å². The van der Waals surface area contributed by atoms with Crippen molar-refractivity contribution in [3.8, 4) is 5.75 Å². The minimum absolute atomic E-state index is 0.000556. The average molecular weight is 224 g/mol. The third kappa shape index (κ3) is 2.53. The van der Waals surface area contributed by atoms with Crippen LogP contribution in [0.15, 0.2) is 18.2 Å². The van der Waals surface area contributed by atoms with E-state index in [0.717, 1.165) is 12.0 Å². The van der Waals surface area contributed by atoms with Gasteiger partial charge in [-0.15, -0.1) is 0 Å². The molecular weight excluding hydrogens is 207 g/mol. The van der Waals surface area contributed by atoms with E-state index in [0.29, 0.717) is 24.9 Å². The normalized spacial score (nSPS) is 20.4. The van der Waals surface area contributed by atoms with Gasteiger partial charge in [0, 0.05) is 6.42 Å². The molecule has 0 spiro atoms. The number of hydrogen-bond donors (Lipinski definition) is 0. The van der Waals surface area contributed by atoms with Crippen LogP contribution in [0, 0.1) is 5.82 Å². The number of ether oxygens (including phenoxy) is 2. The largest absolute Gasteiger partial charge is 0.485 e. The summed E-state index contributed by atoms with van der Waals surface area (Å²) in [5, 5.41) is 0. The zero-order chi connectivity index (χ0) is 11.5. The Balaban J connectivity index is 2.09. The second kappa shape index (κ2) is 4.83. The summed E-state index contributed by atoms with van der Waals surface area (Å²) in [6.07, 6.45) is 0.838. The van der Waals surface area contributed by atoms with Gasteiger partial charge in [-0.2, -0.15) is 0 Å². The summed E-state index contributed by atoms with van der Waals surface area (Å²) in [4.78, 5) is 0. The van der Waals surface area contributed by atoms with E-state index >= 15 is 0 Å². The van der Waals surface area contributed by atoms with Crippen molar-refractivity contribution in [2.24, 2.45) is 0 Å². The van der Waals surface area contributed by atoms with E-state index in [1.807, 2.05) is 19.9 Å². The third-order valence-corrected chi connectivity index (χ3v) is 2.80. The molecule has 0 N–H and O–H groups in total. The van der Waals surface area contributed by atoms with Gasteiger partial charge in [0.1, 0.15) is 6.10 Å². The van der Waals surface area contributed by atoms with Crippen molar-refractivity contribution in [1.29, 1.82) is 0 Å². The Kier molecular flexibility index (Phi) is 3.44. The van der Waals surface area contributed by atoms with Crippen LogP contribution in [-0.4, -0.2) is 19.3 Å². The van der Waals surface area contributed by atoms with Crippen molar-refractivity contribution in [3.63, 3.8) is 0 Å². The molecule has 1 aromatic rings. The van der Waals surface area contributed by atoms with E-state index in [-0.39, 0.29) is 11.9 Å². The highest BCUT2D eigenvalue weighted by Crippen LogP contribution is 2.24. The topological polar surface area (TPSA) is 18.5 Å². The molecule has 0 bridgehead atoms. The van der Waals surface area contributed by atoms with Crippen LogP contribution in [0.3, 0.4) is 0 Å². The van der Waals surface area contributed by atoms with Gasteiger partial charge in [0.2, 0.25) is 0 Å². The molecule has 1 fully saturated rings. The summed E-state index contributed by atoms with van der Waals surface area (Å²) in [6.45, 7) is 5.35. The zero-order valence-corrected chi connectivity index (χ0v) is 9.70. The van der Waals surface area contributed by atoms with Crippen molar-refractivity contribution in [3.05, 3.63) is 29.6 Å². The monoisotopic (exact) mass is 224 g/mol. The van der Waals surface area contributed by atoms with Gasteiger partial charge in [0.15, 0.2) is 11.6 Å². The van der Waals surface area contributed by atoms with E-state index in [2.05, 4.69) is 0 Å². The van der Waals surface area contributed by atoms with Crippen LogP contribution in [0.5, 0.6) is 5.75 Å². The van der Waals surface area contributed by atoms with Crippen molar-refractivity contribution < 1.29 is 13.9 Å². The molecule has 1 atom stereocenters. The van der Waals surface area contributed by atoms with Gasteiger partial charge in [0.25, 0.3) is 0 Å². The van der Waals surface area contributed by atoms with Gasteiger partial charge in [-0.25, -0.2) is 4.39 Å². The van der Waals surface area contributed by atoms with Crippen LogP contribution >= 0.6 is 0 Å². The molecule has 88 valence electrons. The fraction of sp³-hybridized carbons (Fsp3) is 0.538. The smallest absolute Gasteiger partial charge is 0.165 e. The molecule has 0 radical (unpaired) electrons. The third-order valence-electron chi connectivity index (χ3n) is 2.80. The number of hydrogen-bond acceptors (Lipinski definition) is 2. The van der Waals surface area contributed by atoms with Crippen LogP contribution < -0.4 is 4.74 Å². The summed E-state index contributed by atoms with van der Waals surface area (Å²) in [5.74, 6) is 0.386. The Bertz CT molecular complexity index is 357. The van der Waals surface area contributed by atoms with E-state index < -0.39 is 0 Å². The molecule has 1 aromatic carbocycles. The molecule has 16 heavy (non-hydrogen) atoms. The first-order chi connectivity index (χ1) is 7.66. The van der Waals surface area contributed by atoms with Gasteiger partial charge >= 0.3 is 0 Å². The van der Waals surface area contributed by atoms with E-state index in [4.69, 9.17) is 9.47 Å². The Hall–Kier alpha value is -1.09. The highest BCUT2D eigenvalue weighted by molar-refractivity contribution is 5.31. The molecule has 0 amide bonds. The Morgan fingerprint density at radius 3 is 2.81 bits per heavy atom. The molecule has 0 aromatic heterocycles. The van der Waals surface area contributed by atoms with Crippen molar-refractivity contribution in [2.45, 2.75) is 32.3 Å². The number of rotatable bonds is 3. The van der Waals surface area contributed by atoms with Gasteiger partial charge < -0.3 is 9.47 Å². The molecule has 3 heteroatoms. The van der Waals surface area contributed by atoms with Gasteiger partial charge in [-0.1, -0.05) is 19.9 Å². The second-order valence-electron chi connectivity index (χ2n) is 4.45. The first-order valence-corrected chi connectivity index (χ1v) is 5.70. The molecule has 0 aliphatic carbocycles. The lowest BCUT2D eigenvalue weighted by Crippen LogP contribution is -2.16. The first-order valence-electron chi connectivity index (χ1n) is 5.70. The van der Waals surface area contributed by atoms with Gasteiger partial charge in [0.05, 0.1) is 13.2 Å². The summed E-state index contributed by atoms with van der Waals surface area (Å²) in [7, 11) is 0. The lowest BCUT2D eigenvalue weighted by Gasteiger charge is -2.14. The van der Waals surface area contributed by atoms with Gasteiger partial charge in [-0.05, 0) is 23.6 Å². The van der Waals surface area contributed by atoms with E-state index in [9.17, 15) is 4.39 Å².